The van der Waals surface area contributed by atoms with Gasteiger partial charge in [0, 0.05) is 25.6 Å². The molecule has 2 rings (SSSR count). The van der Waals surface area contributed by atoms with Crippen molar-refractivity contribution >= 4 is 23.3 Å². The van der Waals surface area contributed by atoms with Gasteiger partial charge in [-0.3, -0.25) is 14.9 Å². The van der Waals surface area contributed by atoms with E-state index < -0.39 is 16.9 Å². The maximum Gasteiger partial charge on any atom is 0.326 e. The molecule has 130 valence electrons. The van der Waals surface area contributed by atoms with Gasteiger partial charge in [-0.05, 0) is 24.8 Å². The number of carboxylic acid groups (broad SMARTS) is 1. The lowest BCUT2D eigenvalue weighted by Crippen LogP contribution is -2.50. The first-order valence-electron chi connectivity index (χ1n) is 7.89. The second-order valence-corrected chi connectivity index (χ2v) is 6.02. The smallest absolute Gasteiger partial charge is 0.326 e. The summed E-state index contributed by atoms with van der Waals surface area (Å²) < 4.78 is 0. The van der Waals surface area contributed by atoms with Crippen molar-refractivity contribution < 1.29 is 19.6 Å². The van der Waals surface area contributed by atoms with E-state index in [0.29, 0.717) is 18.7 Å². The van der Waals surface area contributed by atoms with Crippen molar-refractivity contribution in [3.05, 3.63) is 34.4 Å². The molecule has 1 amide bonds. The first-order chi connectivity index (χ1) is 11.4. The molecule has 0 aliphatic carbocycles. The van der Waals surface area contributed by atoms with E-state index in [1.54, 1.807) is 18.2 Å². The normalized spacial score (nSPS) is 20.5. The molecule has 0 radical (unpaired) electrons. The van der Waals surface area contributed by atoms with Crippen molar-refractivity contribution in [3.63, 3.8) is 0 Å². The van der Waals surface area contributed by atoms with Crippen LogP contribution in [0.5, 0.6) is 0 Å². The number of hydrogen-bond donors (Lipinski definition) is 2. The topological polar surface area (TPSA) is 113 Å². The molecular weight excluding hydrogens is 314 g/mol. The summed E-state index contributed by atoms with van der Waals surface area (Å²) in [6.45, 7) is 2.62. The standard InChI is InChI=1S/C16H21N3O5/c1-11-7-9-18(14(10-11)16(21)22)15(20)6-8-17-12-4-2-3-5-13(12)19(23)24/h2-5,11,14,17H,6-10H2,1H3,(H,21,22). The van der Waals surface area contributed by atoms with Crippen LogP contribution in [0.1, 0.15) is 26.2 Å². The third kappa shape index (κ3) is 4.21. The van der Waals surface area contributed by atoms with Crippen LogP contribution in [-0.4, -0.2) is 45.9 Å². The minimum absolute atomic E-state index is 0.0554. The Bertz CT molecular complexity index is 634. The molecule has 1 aromatic rings. The van der Waals surface area contributed by atoms with Gasteiger partial charge in [0.2, 0.25) is 5.91 Å². The lowest BCUT2D eigenvalue weighted by atomic mass is 9.92. The van der Waals surface area contributed by atoms with Crippen molar-refractivity contribution in [3.8, 4) is 0 Å². The molecule has 2 N–H and O–H groups in total. The van der Waals surface area contributed by atoms with Gasteiger partial charge in [0.05, 0.1) is 4.92 Å². The van der Waals surface area contributed by atoms with E-state index in [-0.39, 0.29) is 30.5 Å². The Kier molecular flexibility index (Phi) is 5.73. The lowest BCUT2D eigenvalue weighted by molar-refractivity contribution is -0.384. The molecular formula is C16H21N3O5. The van der Waals surface area contributed by atoms with Crippen LogP contribution in [0.15, 0.2) is 24.3 Å². The number of nitro groups is 1. The van der Waals surface area contributed by atoms with Gasteiger partial charge in [-0.1, -0.05) is 19.1 Å². The maximum atomic E-state index is 12.3. The summed E-state index contributed by atoms with van der Waals surface area (Å²) in [5.74, 6) is -0.956. The van der Waals surface area contributed by atoms with E-state index in [4.69, 9.17) is 0 Å². The largest absolute Gasteiger partial charge is 0.480 e. The number of hydrogen-bond acceptors (Lipinski definition) is 5. The molecule has 1 aliphatic heterocycles. The Balaban J connectivity index is 1.93. The number of amides is 1. The third-order valence-electron chi connectivity index (χ3n) is 4.23. The minimum Gasteiger partial charge on any atom is -0.480 e. The van der Waals surface area contributed by atoms with E-state index in [0.717, 1.165) is 6.42 Å². The van der Waals surface area contributed by atoms with Gasteiger partial charge in [0.15, 0.2) is 0 Å². The fourth-order valence-electron chi connectivity index (χ4n) is 2.90. The molecule has 2 unspecified atom stereocenters. The van der Waals surface area contributed by atoms with Crippen LogP contribution in [0, 0.1) is 16.0 Å². The molecule has 1 saturated heterocycles. The van der Waals surface area contributed by atoms with Crippen molar-refractivity contribution in [1.29, 1.82) is 0 Å². The van der Waals surface area contributed by atoms with E-state index in [1.807, 2.05) is 6.92 Å². The highest BCUT2D eigenvalue weighted by molar-refractivity contribution is 5.84. The number of piperidine rings is 1. The molecule has 0 bridgehead atoms. The van der Waals surface area contributed by atoms with Crippen LogP contribution in [0.3, 0.4) is 0 Å². The average molecular weight is 335 g/mol. The van der Waals surface area contributed by atoms with E-state index in [2.05, 4.69) is 5.32 Å². The van der Waals surface area contributed by atoms with E-state index >= 15 is 0 Å². The fourth-order valence-corrected chi connectivity index (χ4v) is 2.90. The maximum absolute atomic E-state index is 12.3. The van der Waals surface area contributed by atoms with Crippen LogP contribution in [0.25, 0.3) is 0 Å². The zero-order valence-electron chi connectivity index (χ0n) is 13.5. The van der Waals surface area contributed by atoms with Crippen molar-refractivity contribution in [2.45, 2.75) is 32.2 Å². The number of benzene rings is 1. The van der Waals surface area contributed by atoms with Crippen molar-refractivity contribution in [1.82, 2.24) is 4.90 Å². The summed E-state index contributed by atoms with van der Waals surface area (Å²) in [5.41, 5.74) is 0.289. The number of nitrogens with zero attached hydrogens (tertiary/aromatic N) is 2. The van der Waals surface area contributed by atoms with Gasteiger partial charge in [-0.15, -0.1) is 0 Å². The highest BCUT2D eigenvalue weighted by Gasteiger charge is 2.34. The number of likely N-dealkylation sites (tertiary alicyclic amines) is 1. The predicted octanol–water partition coefficient (Wildman–Crippen LogP) is 2.11. The second kappa shape index (κ2) is 7.76. The summed E-state index contributed by atoms with van der Waals surface area (Å²) >= 11 is 0. The Hall–Kier alpha value is -2.64. The number of nitro benzene ring substituents is 1. The zero-order valence-corrected chi connectivity index (χ0v) is 13.5. The second-order valence-electron chi connectivity index (χ2n) is 6.02. The quantitative estimate of drug-likeness (QED) is 0.608. The zero-order chi connectivity index (χ0) is 17.7. The molecule has 0 saturated carbocycles. The van der Waals surface area contributed by atoms with Crippen LogP contribution in [0.2, 0.25) is 0 Å². The van der Waals surface area contributed by atoms with Gasteiger partial charge in [0.25, 0.3) is 5.69 Å². The van der Waals surface area contributed by atoms with Gasteiger partial charge >= 0.3 is 5.97 Å². The number of rotatable bonds is 6. The highest BCUT2D eigenvalue weighted by Crippen LogP contribution is 2.25. The van der Waals surface area contributed by atoms with Gasteiger partial charge in [0.1, 0.15) is 11.7 Å². The molecule has 1 heterocycles. The number of nitrogens with one attached hydrogen (secondary N) is 1. The number of carboxylic acids is 1. The highest BCUT2D eigenvalue weighted by atomic mass is 16.6. The number of para-hydroxylation sites is 2. The average Bonchev–Trinajstić information content (AvgIpc) is 2.54. The third-order valence-corrected chi connectivity index (χ3v) is 4.23. The van der Waals surface area contributed by atoms with Gasteiger partial charge in [-0.2, -0.15) is 0 Å². The summed E-state index contributed by atoms with van der Waals surface area (Å²) in [6, 6.07) is 5.42. The Morgan fingerprint density at radius 3 is 2.79 bits per heavy atom. The number of anilines is 1. The van der Waals surface area contributed by atoms with Crippen molar-refractivity contribution in [2.75, 3.05) is 18.4 Å². The van der Waals surface area contributed by atoms with Crippen LogP contribution < -0.4 is 5.32 Å². The molecule has 1 aromatic carbocycles. The Morgan fingerprint density at radius 2 is 2.12 bits per heavy atom. The van der Waals surface area contributed by atoms with Gasteiger partial charge in [-0.25, -0.2) is 4.79 Å². The SMILES string of the molecule is CC1CCN(C(=O)CCNc2ccccc2[N+](=O)[O-])C(C(=O)O)C1. The monoisotopic (exact) mass is 335 g/mol. The molecule has 24 heavy (non-hydrogen) atoms. The number of carbonyl (C=O) groups is 2. The summed E-state index contributed by atoms with van der Waals surface area (Å²) in [5, 5.41) is 23.1. The van der Waals surface area contributed by atoms with E-state index in [1.165, 1.54) is 11.0 Å². The lowest BCUT2D eigenvalue weighted by Gasteiger charge is -2.36. The Morgan fingerprint density at radius 1 is 1.42 bits per heavy atom. The molecule has 0 spiro atoms. The molecule has 2 atom stereocenters. The summed E-state index contributed by atoms with van der Waals surface area (Å²) in [6.07, 6.45) is 1.33. The number of carbonyl (C=O) groups excluding carboxylic acids is 1. The Labute approximate surface area is 139 Å². The molecule has 8 heteroatoms. The summed E-state index contributed by atoms with van der Waals surface area (Å²) in [7, 11) is 0. The first-order valence-corrected chi connectivity index (χ1v) is 7.89. The van der Waals surface area contributed by atoms with Crippen LogP contribution in [-0.2, 0) is 9.59 Å². The van der Waals surface area contributed by atoms with Crippen LogP contribution >= 0.6 is 0 Å². The first kappa shape index (κ1) is 17.7. The van der Waals surface area contributed by atoms with Crippen LogP contribution in [0.4, 0.5) is 11.4 Å². The molecule has 1 aliphatic rings. The summed E-state index contributed by atoms with van der Waals surface area (Å²) in [4.78, 5) is 35.5. The fraction of sp³-hybridized carbons (Fsp3) is 0.500. The number of aliphatic carboxylic acids is 1. The molecule has 0 aromatic heterocycles. The van der Waals surface area contributed by atoms with Crippen molar-refractivity contribution in [2.24, 2.45) is 5.92 Å². The predicted molar refractivity (Wildman–Crippen MR) is 87.7 cm³/mol. The minimum atomic E-state index is -0.985. The van der Waals surface area contributed by atoms with Gasteiger partial charge < -0.3 is 15.3 Å². The molecule has 1 fully saturated rings. The molecule has 8 nitrogen and oxygen atoms in total. The van der Waals surface area contributed by atoms with E-state index in [9.17, 15) is 24.8 Å².